The molecular formula is C24H13BrClFO5. The van der Waals surface area contributed by atoms with E-state index in [-0.39, 0.29) is 38.5 Å². The zero-order valence-corrected chi connectivity index (χ0v) is 18.5. The fraction of sp³-hybridized carbons (Fsp3) is 0. The number of benzene rings is 3. The highest BCUT2D eigenvalue weighted by Crippen LogP contribution is 2.29. The smallest absolute Gasteiger partial charge is 0.336 e. The summed E-state index contributed by atoms with van der Waals surface area (Å²) in [6.07, 6.45) is 3.47. The second-order valence-electron chi connectivity index (χ2n) is 6.51. The molecule has 160 valence electrons. The molecule has 3 aromatic carbocycles. The summed E-state index contributed by atoms with van der Waals surface area (Å²) in [7, 11) is 0. The summed E-state index contributed by atoms with van der Waals surface area (Å²) in [6.45, 7) is 0. The van der Waals surface area contributed by atoms with Crippen LogP contribution < -0.4 is 14.9 Å². The number of rotatable bonds is 5. The Hall–Kier alpha value is -3.42. The maximum atomic E-state index is 13.8. The van der Waals surface area contributed by atoms with E-state index in [0.717, 1.165) is 6.08 Å². The van der Waals surface area contributed by atoms with Gasteiger partial charge >= 0.3 is 5.97 Å². The number of para-hydroxylation sites is 1. The lowest BCUT2D eigenvalue weighted by atomic mass is 10.2. The van der Waals surface area contributed by atoms with E-state index in [1.807, 2.05) is 6.07 Å². The normalized spacial score (nSPS) is 11.1. The first-order chi connectivity index (χ1) is 15.4. The van der Waals surface area contributed by atoms with Crippen LogP contribution in [0.1, 0.15) is 5.56 Å². The highest BCUT2D eigenvalue weighted by molar-refractivity contribution is 9.10. The van der Waals surface area contributed by atoms with E-state index in [0.29, 0.717) is 10.2 Å². The standard InChI is InChI=1S/C24H13BrClFO5/c25-17-4-1-2-7-20(17)32-22-13-30-21-12-14(8-9-16(21)24(22)29)31-23(28)11-10-15-18(26)5-3-6-19(15)27/h1-13H/b11-10+. The van der Waals surface area contributed by atoms with E-state index in [1.54, 1.807) is 18.2 Å². The van der Waals surface area contributed by atoms with Gasteiger partial charge in [-0.15, -0.1) is 0 Å². The summed E-state index contributed by atoms with van der Waals surface area (Å²) in [5.74, 6) is -0.686. The van der Waals surface area contributed by atoms with E-state index in [4.69, 9.17) is 25.5 Å². The molecule has 0 aliphatic heterocycles. The van der Waals surface area contributed by atoms with Crippen LogP contribution in [0.2, 0.25) is 5.02 Å². The average molecular weight is 516 g/mol. The van der Waals surface area contributed by atoms with Crippen molar-refractivity contribution in [1.82, 2.24) is 0 Å². The Morgan fingerprint density at radius 3 is 2.66 bits per heavy atom. The van der Waals surface area contributed by atoms with Crippen LogP contribution >= 0.6 is 27.5 Å². The molecule has 0 radical (unpaired) electrons. The number of fused-ring (bicyclic) bond motifs is 1. The topological polar surface area (TPSA) is 65.7 Å². The van der Waals surface area contributed by atoms with Gasteiger partial charge in [0.05, 0.1) is 14.9 Å². The summed E-state index contributed by atoms with van der Waals surface area (Å²) in [5, 5.41) is 0.421. The molecule has 4 aromatic rings. The van der Waals surface area contributed by atoms with Crippen LogP contribution in [0.4, 0.5) is 4.39 Å². The van der Waals surface area contributed by atoms with E-state index in [9.17, 15) is 14.0 Å². The van der Waals surface area contributed by atoms with Crippen LogP contribution in [-0.4, -0.2) is 5.97 Å². The summed E-state index contributed by atoms with van der Waals surface area (Å²) < 4.78 is 30.8. The van der Waals surface area contributed by atoms with Crippen LogP contribution in [-0.2, 0) is 4.79 Å². The molecule has 0 aliphatic rings. The minimum absolute atomic E-state index is 0.0128. The molecule has 0 N–H and O–H groups in total. The Balaban J connectivity index is 1.54. The largest absolute Gasteiger partial charge is 0.460 e. The van der Waals surface area contributed by atoms with Gasteiger partial charge in [0.25, 0.3) is 0 Å². The second kappa shape index (κ2) is 9.38. The monoisotopic (exact) mass is 514 g/mol. The average Bonchev–Trinajstić information content (AvgIpc) is 2.77. The van der Waals surface area contributed by atoms with Gasteiger partial charge in [0.2, 0.25) is 11.2 Å². The first kappa shape index (κ1) is 21.8. The molecule has 0 unspecified atom stereocenters. The maximum absolute atomic E-state index is 13.8. The predicted octanol–water partition coefficient (Wildman–Crippen LogP) is 6.76. The Bertz CT molecular complexity index is 1390. The van der Waals surface area contributed by atoms with Crippen LogP contribution in [0.3, 0.4) is 0 Å². The summed E-state index contributed by atoms with van der Waals surface area (Å²) in [4.78, 5) is 24.8. The molecule has 0 amide bonds. The van der Waals surface area contributed by atoms with Gasteiger partial charge in [-0.3, -0.25) is 4.79 Å². The third kappa shape index (κ3) is 4.74. The molecule has 0 saturated carbocycles. The van der Waals surface area contributed by atoms with Gasteiger partial charge in [-0.25, -0.2) is 9.18 Å². The molecule has 4 rings (SSSR count). The fourth-order valence-electron chi connectivity index (χ4n) is 2.84. The molecule has 32 heavy (non-hydrogen) atoms. The SMILES string of the molecule is O=C(/C=C/c1c(F)cccc1Cl)Oc1ccc2c(=O)c(Oc3ccccc3Br)coc2c1. The van der Waals surface area contributed by atoms with Crippen LogP contribution in [0.25, 0.3) is 17.0 Å². The van der Waals surface area contributed by atoms with Crippen molar-refractivity contribution in [2.75, 3.05) is 0 Å². The van der Waals surface area contributed by atoms with Gasteiger partial charge in [0, 0.05) is 17.7 Å². The first-order valence-corrected chi connectivity index (χ1v) is 10.4. The third-order valence-electron chi connectivity index (χ3n) is 4.38. The van der Waals surface area contributed by atoms with Gasteiger partial charge in [-0.05, 0) is 58.4 Å². The number of halogens is 3. The van der Waals surface area contributed by atoms with Gasteiger partial charge < -0.3 is 13.9 Å². The first-order valence-electron chi connectivity index (χ1n) is 9.24. The zero-order valence-electron chi connectivity index (χ0n) is 16.2. The van der Waals surface area contributed by atoms with Crippen LogP contribution in [0.15, 0.2) is 86.7 Å². The molecule has 0 spiro atoms. The van der Waals surface area contributed by atoms with Crippen molar-refractivity contribution < 1.29 is 23.1 Å². The molecule has 0 atom stereocenters. The van der Waals surface area contributed by atoms with E-state index in [2.05, 4.69) is 15.9 Å². The molecule has 8 heteroatoms. The second-order valence-corrected chi connectivity index (χ2v) is 7.77. The maximum Gasteiger partial charge on any atom is 0.336 e. The van der Waals surface area contributed by atoms with Crippen LogP contribution in [0.5, 0.6) is 17.2 Å². The predicted molar refractivity (Wildman–Crippen MR) is 123 cm³/mol. The van der Waals surface area contributed by atoms with Gasteiger partial charge in [0.1, 0.15) is 29.2 Å². The summed E-state index contributed by atoms with van der Waals surface area (Å²) in [5.41, 5.74) is -0.0944. The Labute approximate surface area is 194 Å². The van der Waals surface area contributed by atoms with Crippen molar-refractivity contribution in [3.63, 3.8) is 0 Å². The Morgan fingerprint density at radius 2 is 1.88 bits per heavy atom. The van der Waals surface area contributed by atoms with Gasteiger partial charge in [-0.2, -0.15) is 0 Å². The number of carbonyl (C=O) groups is 1. The lowest BCUT2D eigenvalue weighted by Gasteiger charge is -2.08. The minimum Gasteiger partial charge on any atom is -0.460 e. The summed E-state index contributed by atoms with van der Waals surface area (Å²) >= 11 is 9.28. The van der Waals surface area contributed by atoms with Crippen molar-refractivity contribution in [3.8, 4) is 17.2 Å². The molecule has 5 nitrogen and oxygen atoms in total. The number of hydrogen-bond donors (Lipinski definition) is 0. The van der Waals surface area contributed by atoms with Gasteiger partial charge in [0.15, 0.2) is 0 Å². The van der Waals surface area contributed by atoms with Crippen LogP contribution in [0, 0.1) is 5.82 Å². The van der Waals surface area contributed by atoms with Crippen molar-refractivity contribution in [2.45, 2.75) is 0 Å². The van der Waals surface area contributed by atoms with Crippen molar-refractivity contribution in [3.05, 3.63) is 104 Å². The molecular weight excluding hydrogens is 503 g/mol. The zero-order chi connectivity index (χ0) is 22.7. The molecule has 0 fully saturated rings. The lowest BCUT2D eigenvalue weighted by Crippen LogP contribution is -2.06. The highest BCUT2D eigenvalue weighted by atomic mass is 79.9. The third-order valence-corrected chi connectivity index (χ3v) is 5.36. The van der Waals surface area contributed by atoms with E-state index in [1.165, 1.54) is 48.7 Å². The van der Waals surface area contributed by atoms with Crippen molar-refractivity contribution in [2.24, 2.45) is 0 Å². The molecule has 1 heterocycles. The Kier molecular flexibility index (Phi) is 6.39. The lowest BCUT2D eigenvalue weighted by molar-refractivity contribution is -0.128. The number of esters is 1. The molecule has 0 aliphatic carbocycles. The molecule has 0 saturated heterocycles. The molecule has 1 aromatic heterocycles. The number of hydrogen-bond acceptors (Lipinski definition) is 5. The minimum atomic E-state index is -0.750. The van der Waals surface area contributed by atoms with Crippen molar-refractivity contribution >= 4 is 50.5 Å². The fourth-order valence-corrected chi connectivity index (χ4v) is 3.43. The molecule has 0 bridgehead atoms. The Morgan fingerprint density at radius 1 is 1.06 bits per heavy atom. The van der Waals surface area contributed by atoms with Crippen molar-refractivity contribution in [1.29, 1.82) is 0 Å². The number of carbonyl (C=O) groups excluding carboxylic acids is 1. The number of ether oxygens (including phenoxy) is 2. The summed E-state index contributed by atoms with van der Waals surface area (Å²) in [6, 6.07) is 15.6. The van der Waals surface area contributed by atoms with Gasteiger partial charge in [-0.1, -0.05) is 29.8 Å². The van der Waals surface area contributed by atoms with E-state index < -0.39 is 11.8 Å². The van der Waals surface area contributed by atoms with E-state index >= 15 is 0 Å². The quantitative estimate of drug-likeness (QED) is 0.167. The highest BCUT2D eigenvalue weighted by Gasteiger charge is 2.12.